The Morgan fingerprint density at radius 1 is 1.00 bits per heavy atom. The molecule has 0 bridgehead atoms. The van der Waals surface area contributed by atoms with Crippen molar-refractivity contribution in [3.05, 3.63) is 45.3 Å². The van der Waals surface area contributed by atoms with Crippen LogP contribution in [0.4, 0.5) is 10.7 Å². The summed E-state index contributed by atoms with van der Waals surface area (Å²) in [6.07, 6.45) is 2.63. The lowest BCUT2D eigenvalue weighted by molar-refractivity contribution is -0.147. The van der Waals surface area contributed by atoms with E-state index in [4.69, 9.17) is 23.2 Å². The highest BCUT2D eigenvalue weighted by molar-refractivity contribution is 7.14. The summed E-state index contributed by atoms with van der Waals surface area (Å²) < 4.78 is 0. The van der Waals surface area contributed by atoms with Gasteiger partial charge in [0.05, 0.1) is 17.4 Å². The van der Waals surface area contributed by atoms with Gasteiger partial charge < -0.3 is 15.7 Å². The third-order valence-corrected chi connectivity index (χ3v) is 5.95. The number of hydrogen-bond acceptors (Lipinski definition) is 4. The van der Waals surface area contributed by atoms with Gasteiger partial charge in [0.2, 0.25) is 5.91 Å². The SMILES string of the molecule is O=C(Nc1cc(Cl)cc(Cl)c1)c1ccsc1NC(=O)C1CCCCC1C(=O)O. The topological polar surface area (TPSA) is 95.5 Å². The Labute approximate surface area is 175 Å². The summed E-state index contributed by atoms with van der Waals surface area (Å²) in [5, 5.41) is 17.7. The summed E-state index contributed by atoms with van der Waals surface area (Å²) in [5.41, 5.74) is 0.723. The van der Waals surface area contributed by atoms with Crippen LogP contribution < -0.4 is 10.6 Å². The lowest BCUT2D eigenvalue weighted by Gasteiger charge is -2.27. The zero-order valence-electron chi connectivity index (χ0n) is 14.7. The van der Waals surface area contributed by atoms with Crippen LogP contribution in [0.25, 0.3) is 0 Å². The number of halogens is 2. The smallest absolute Gasteiger partial charge is 0.307 e. The van der Waals surface area contributed by atoms with E-state index in [1.165, 1.54) is 11.3 Å². The molecule has 6 nitrogen and oxygen atoms in total. The van der Waals surface area contributed by atoms with E-state index in [1.54, 1.807) is 29.6 Å². The summed E-state index contributed by atoms with van der Waals surface area (Å²) in [7, 11) is 0. The fourth-order valence-electron chi connectivity index (χ4n) is 3.35. The second kappa shape index (κ2) is 8.94. The number of anilines is 2. The van der Waals surface area contributed by atoms with E-state index in [-0.39, 0.29) is 11.5 Å². The standard InChI is InChI=1S/C19H18Cl2N2O4S/c20-10-7-11(21)9-12(8-10)22-17(25)15-5-6-28-18(15)23-16(24)13-3-1-2-4-14(13)19(26)27/h5-9,13-14H,1-4H2,(H,22,25)(H,23,24)(H,26,27). The predicted octanol–water partition coefficient (Wildman–Crippen LogP) is 5.14. The van der Waals surface area contributed by atoms with Gasteiger partial charge in [-0.15, -0.1) is 11.3 Å². The number of nitrogens with one attached hydrogen (secondary N) is 2. The first kappa shape index (κ1) is 20.6. The zero-order valence-corrected chi connectivity index (χ0v) is 17.0. The second-order valence-corrected chi connectivity index (χ2v) is 8.39. The van der Waals surface area contributed by atoms with Crippen molar-refractivity contribution in [1.82, 2.24) is 0 Å². The van der Waals surface area contributed by atoms with Crippen LogP contribution in [-0.4, -0.2) is 22.9 Å². The summed E-state index contributed by atoms with van der Waals surface area (Å²) in [6.45, 7) is 0. The molecule has 3 N–H and O–H groups in total. The van der Waals surface area contributed by atoms with Gasteiger partial charge in [-0.05, 0) is 42.5 Å². The first-order chi connectivity index (χ1) is 13.3. The molecule has 0 saturated heterocycles. The molecule has 2 amide bonds. The van der Waals surface area contributed by atoms with Gasteiger partial charge in [-0.2, -0.15) is 0 Å². The van der Waals surface area contributed by atoms with Gasteiger partial charge in [-0.25, -0.2) is 0 Å². The van der Waals surface area contributed by atoms with Crippen LogP contribution in [0.3, 0.4) is 0 Å². The average Bonchev–Trinajstić information content (AvgIpc) is 3.09. The lowest BCUT2D eigenvalue weighted by Crippen LogP contribution is -2.36. The third kappa shape index (κ3) is 4.84. The molecule has 28 heavy (non-hydrogen) atoms. The normalized spacial score (nSPS) is 19.1. The first-order valence-corrected chi connectivity index (χ1v) is 10.4. The average molecular weight is 441 g/mol. The first-order valence-electron chi connectivity index (χ1n) is 8.74. The van der Waals surface area contributed by atoms with Crippen LogP contribution >= 0.6 is 34.5 Å². The maximum Gasteiger partial charge on any atom is 0.307 e. The Bertz CT molecular complexity index is 895. The van der Waals surface area contributed by atoms with Crippen LogP contribution in [0.1, 0.15) is 36.0 Å². The van der Waals surface area contributed by atoms with E-state index in [1.807, 2.05) is 0 Å². The Hall–Kier alpha value is -2.09. The van der Waals surface area contributed by atoms with Crippen LogP contribution in [0.15, 0.2) is 29.6 Å². The van der Waals surface area contributed by atoms with Gasteiger partial charge in [0, 0.05) is 15.7 Å². The van der Waals surface area contributed by atoms with Crippen molar-refractivity contribution in [2.45, 2.75) is 25.7 Å². The maximum absolute atomic E-state index is 12.7. The molecule has 148 valence electrons. The second-order valence-electron chi connectivity index (χ2n) is 6.60. The Morgan fingerprint density at radius 3 is 2.29 bits per heavy atom. The molecule has 0 radical (unpaired) electrons. The van der Waals surface area contributed by atoms with E-state index in [0.717, 1.165) is 12.8 Å². The molecule has 2 unspecified atom stereocenters. The molecule has 2 atom stereocenters. The fourth-order valence-corrected chi connectivity index (χ4v) is 4.67. The zero-order chi connectivity index (χ0) is 20.3. The van der Waals surface area contributed by atoms with Gasteiger partial charge in [-0.3, -0.25) is 14.4 Å². The van der Waals surface area contributed by atoms with E-state index in [0.29, 0.717) is 33.6 Å². The molecule has 2 aromatic rings. The molecule has 0 aliphatic heterocycles. The Balaban J connectivity index is 1.73. The van der Waals surface area contributed by atoms with E-state index >= 15 is 0 Å². The van der Waals surface area contributed by atoms with Crippen molar-refractivity contribution in [2.24, 2.45) is 11.8 Å². The van der Waals surface area contributed by atoms with Gasteiger partial charge >= 0.3 is 5.97 Å². The van der Waals surface area contributed by atoms with Gasteiger partial charge in [0.1, 0.15) is 5.00 Å². The molecular weight excluding hydrogens is 423 g/mol. The number of rotatable bonds is 5. The monoisotopic (exact) mass is 440 g/mol. The molecule has 3 rings (SSSR count). The number of aliphatic carboxylic acids is 1. The number of thiophene rings is 1. The summed E-state index contributed by atoms with van der Waals surface area (Å²) >= 11 is 13.1. The van der Waals surface area contributed by atoms with Crippen molar-refractivity contribution < 1.29 is 19.5 Å². The summed E-state index contributed by atoms with van der Waals surface area (Å²) in [4.78, 5) is 36.7. The number of carbonyl (C=O) groups is 3. The minimum absolute atomic E-state index is 0.289. The van der Waals surface area contributed by atoms with E-state index in [2.05, 4.69) is 10.6 Å². The summed E-state index contributed by atoms with van der Waals surface area (Å²) in [5.74, 6) is -3.04. The van der Waals surface area contributed by atoms with Gasteiger partial charge in [0.25, 0.3) is 5.91 Å². The van der Waals surface area contributed by atoms with Gasteiger partial charge in [0.15, 0.2) is 0 Å². The van der Waals surface area contributed by atoms with Crippen LogP contribution in [0.5, 0.6) is 0 Å². The number of hydrogen-bond donors (Lipinski definition) is 3. The molecule has 1 saturated carbocycles. The van der Waals surface area contributed by atoms with Crippen LogP contribution in [0, 0.1) is 11.8 Å². The quantitative estimate of drug-likeness (QED) is 0.599. The molecule has 1 aromatic heterocycles. The summed E-state index contributed by atoms with van der Waals surface area (Å²) in [6, 6.07) is 6.28. The van der Waals surface area contributed by atoms with Gasteiger partial charge in [-0.1, -0.05) is 36.0 Å². The van der Waals surface area contributed by atoms with Crippen molar-refractivity contribution in [3.63, 3.8) is 0 Å². The third-order valence-electron chi connectivity index (χ3n) is 4.69. The highest BCUT2D eigenvalue weighted by Crippen LogP contribution is 2.33. The predicted molar refractivity (Wildman–Crippen MR) is 110 cm³/mol. The lowest BCUT2D eigenvalue weighted by atomic mass is 9.79. The number of benzene rings is 1. The Kier molecular flexibility index (Phi) is 6.59. The number of amides is 2. The minimum atomic E-state index is -0.957. The highest BCUT2D eigenvalue weighted by atomic mass is 35.5. The van der Waals surface area contributed by atoms with Crippen molar-refractivity contribution >= 4 is 63.0 Å². The maximum atomic E-state index is 12.7. The molecular formula is C19H18Cl2N2O4S. The van der Waals surface area contributed by atoms with Crippen molar-refractivity contribution in [1.29, 1.82) is 0 Å². The van der Waals surface area contributed by atoms with Crippen LogP contribution in [0.2, 0.25) is 10.0 Å². The number of carbonyl (C=O) groups excluding carboxylic acids is 2. The minimum Gasteiger partial charge on any atom is -0.481 e. The van der Waals surface area contributed by atoms with E-state index in [9.17, 15) is 19.5 Å². The van der Waals surface area contributed by atoms with Crippen molar-refractivity contribution in [2.75, 3.05) is 10.6 Å². The highest BCUT2D eigenvalue weighted by Gasteiger charge is 2.36. The molecule has 0 spiro atoms. The molecule has 1 fully saturated rings. The van der Waals surface area contributed by atoms with Crippen molar-refractivity contribution in [3.8, 4) is 0 Å². The molecule has 1 aromatic carbocycles. The molecule has 1 aliphatic carbocycles. The molecule has 1 heterocycles. The fraction of sp³-hybridized carbons (Fsp3) is 0.316. The number of carboxylic acid groups (broad SMARTS) is 1. The number of carboxylic acids is 1. The molecule has 9 heteroatoms. The van der Waals surface area contributed by atoms with Crippen LogP contribution in [-0.2, 0) is 9.59 Å². The van der Waals surface area contributed by atoms with E-state index < -0.39 is 23.7 Å². The largest absolute Gasteiger partial charge is 0.481 e. The molecule has 1 aliphatic rings. The Morgan fingerprint density at radius 2 is 1.64 bits per heavy atom.